The van der Waals surface area contributed by atoms with E-state index in [-0.39, 0.29) is 6.61 Å². The normalized spacial score (nSPS) is 9.69. The average Bonchev–Trinajstić information content (AvgIpc) is 2.34. The lowest BCUT2D eigenvalue weighted by Crippen LogP contribution is -1.90. The third-order valence-corrected chi connectivity index (χ3v) is 2.65. The van der Waals surface area contributed by atoms with Gasteiger partial charge in [0.15, 0.2) is 0 Å². The third-order valence-electron chi connectivity index (χ3n) is 2.65. The largest absolute Gasteiger partial charge is 0.396 e. The second kappa shape index (κ2) is 7.09. The van der Waals surface area contributed by atoms with E-state index in [1.165, 1.54) is 11.1 Å². The SMILES string of the molecule is CCc1ccc(CC)c(C#CCCCO)c1. The Bertz CT molecular complexity index is 382. The van der Waals surface area contributed by atoms with Crippen LogP contribution in [0.3, 0.4) is 0 Å². The monoisotopic (exact) mass is 216 g/mol. The zero-order valence-electron chi connectivity index (χ0n) is 10.2. The molecule has 0 aliphatic rings. The van der Waals surface area contributed by atoms with Crippen molar-refractivity contribution in [2.24, 2.45) is 0 Å². The maximum Gasteiger partial charge on any atom is 0.0440 e. The fourth-order valence-electron chi connectivity index (χ4n) is 1.59. The number of benzene rings is 1. The number of unbranched alkanes of at least 4 members (excludes halogenated alkanes) is 1. The summed E-state index contributed by atoms with van der Waals surface area (Å²) < 4.78 is 0. The van der Waals surface area contributed by atoms with Crippen LogP contribution in [0.15, 0.2) is 18.2 Å². The molecule has 0 saturated carbocycles. The molecule has 1 aromatic carbocycles. The summed E-state index contributed by atoms with van der Waals surface area (Å²) in [6, 6.07) is 6.54. The maximum atomic E-state index is 8.68. The van der Waals surface area contributed by atoms with Crippen molar-refractivity contribution in [2.45, 2.75) is 39.5 Å². The van der Waals surface area contributed by atoms with Crippen molar-refractivity contribution in [2.75, 3.05) is 6.61 Å². The number of hydrogen-bond acceptors (Lipinski definition) is 1. The van der Waals surface area contributed by atoms with Crippen LogP contribution >= 0.6 is 0 Å². The zero-order chi connectivity index (χ0) is 11.8. The van der Waals surface area contributed by atoms with Gasteiger partial charge in [0.1, 0.15) is 0 Å². The van der Waals surface area contributed by atoms with Crippen molar-refractivity contribution >= 4 is 0 Å². The molecule has 86 valence electrons. The first-order valence-electron chi connectivity index (χ1n) is 6.03. The Morgan fingerprint density at radius 2 is 2.00 bits per heavy atom. The predicted molar refractivity (Wildman–Crippen MR) is 68.4 cm³/mol. The fraction of sp³-hybridized carbons (Fsp3) is 0.467. The van der Waals surface area contributed by atoms with Gasteiger partial charge in [0.05, 0.1) is 0 Å². The van der Waals surface area contributed by atoms with E-state index in [4.69, 9.17) is 5.11 Å². The molecule has 0 atom stereocenters. The molecule has 0 radical (unpaired) electrons. The molecular weight excluding hydrogens is 196 g/mol. The molecule has 0 saturated heterocycles. The Morgan fingerprint density at radius 3 is 2.62 bits per heavy atom. The maximum absolute atomic E-state index is 8.68. The van der Waals surface area contributed by atoms with Gasteiger partial charge in [-0.1, -0.05) is 37.8 Å². The van der Waals surface area contributed by atoms with Crippen LogP contribution < -0.4 is 0 Å². The van der Waals surface area contributed by atoms with Crippen LogP contribution in [0, 0.1) is 11.8 Å². The van der Waals surface area contributed by atoms with Gasteiger partial charge in [-0.15, -0.1) is 0 Å². The van der Waals surface area contributed by atoms with Crippen LogP contribution in [0.1, 0.15) is 43.4 Å². The number of hydrogen-bond donors (Lipinski definition) is 1. The molecule has 0 heterocycles. The van der Waals surface area contributed by atoms with E-state index >= 15 is 0 Å². The second-order valence-corrected chi connectivity index (χ2v) is 3.83. The Morgan fingerprint density at radius 1 is 1.19 bits per heavy atom. The van der Waals surface area contributed by atoms with Gasteiger partial charge in [-0.2, -0.15) is 0 Å². The molecule has 1 aromatic rings. The lowest BCUT2D eigenvalue weighted by molar-refractivity contribution is 0.290. The Kier molecular flexibility index (Phi) is 5.67. The van der Waals surface area contributed by atoms with Crippen LogP contribution in [0.2, 0.25) is 0 Å². The van der Waals surface area contributed by atoms with E-state index in [9.17, 15) is 0 Å². The standard InChI is InChI=1S/C15H20O/c1-3-13-9-10-14(4-2)15(12-13)8-6-5-7-11-16/h9-10,12,16H,3-5,7,11H2,1-2H3. The first-order chi connectivity index (χ1) is 7.81. The van der Waals surface area contributed by atoms with Gasteiger partial charge in [-0.3, -0.25) is 0 Å². The summed E-state index contributed by atoms with van der Waals surface area (Å²) in [5.41, 5.74) is 3.80. The topological polar surface area (TPSA) is 20.2 Å². The molecule has 0 aromatic heterocycles. The Hall–Kier alpha value is -1.26. The first-order valence-corrected chi connectivity index (χ1v) is 6.03. The smallest absolute Gasteiger partial charge is 0.0440 e. The molecule has 0 spiro atoms. The van der Waals surface area contributed by atoms with Crippen LogP contribution in [-0.2, 0) is 12.8 Å². The minimum Gasteiger partial charge on any atom is -0.396 e. The molecule has 0 amide bonds. The number of rotatable bonds is 4. The van der Waals surface area contributed by atoms with Gasteiger partial charge in [-0.05, 0) is 36.5 Å². The summed E-state index contributed by atoms with van der Waals surface area (Å²) in [6.07, 6.45) is 3.61. The van der Waals surface area contributed by atoms with Crippen molar-refractivity contribution in [3.05, 3.63) is 34.9 Å². The van der Waals surface area contributed by atoms with Crippen molar-refractivity contribution in [3.8, 4) is 11.8 Å². The van der Waals surface area contributed by atoms with Crippen LogP contribution in [0.4, 0.5) is 0 Å². The summed E-state index contributed by atoms with van der Waals surface area (Å²) in [5, 5.41) is 8.68. The molecule has 1 nitrogen and oxygen atoms in total. The highest BCUT2D eigenvalue weighted by Gasteiger charge is 1.98. The van der Waals surface area contributed by atoms with E-state index in [0.717, 1.165) is 31.2 Å². The van der Waals surface area contributed by atoms with Gasteiger partial charge in [0, 0.05) is 18.6 Å². The van der Waals surface area contributed by atoms with E-state index in [2.05, 4.69) is 43.9 Å². The summed E-state index contributed by atoms with van der Waals surface area (Å²) in [5.74, 6) is 6.33. The van der Waals surface area contributed by atoms with E-state index in [0.29, 0.717) is 0 Å². The molecule has 1 N–H and O–H groups in total. The Labute approximate surface area is 98.5 Å². The lowest BCUT2D eigenvalue weighted by atomic mass is 10.0. The number of aliphatic hydroxyl groups excluding tert-OH is 1. The molecule has 0 aliphatic heterocycles. The first kappa shape index (κ1) is 12.8. The highest BCUT2D eigenvalue weighted by atomic mass is 16.2. The summed E-state index contributed by atoms with van der Waals surface area (Å²) >= 11 is 0. The van der Waals surface area contributed by atoms with Crippen LogP contribution in [0.5, 0.6) is 0 Å². The molecule has 0 unspecified atom stereocenters. The molecule has 0 aliphatic carbocycles. The predicted octanol–water partition coefficient (Wildman–Crippen LogP) is 2.94. The van der Waals surface area contributed by atoms with Crippen molar-refractivity contribution in [1.82, 2.24) is 0 Å². The minimum absolute atomic E-state index is 0.227. The molecule has 0 bridgehead atoms. The van der Waals surface area contributed by atoms with Gasteiger partial charge in [0.25, 0.3) is 0 Å². The van der Waals surface area contributed by atoms with Gasteiger partial charge in [0.2, 0.25) is 0 Å². The van der Waals surface area contributed by atoms with Crippen LogP contribution in [0.25, 0.3) is 0 Å². The third kappa shape index (κ3) is 3.72. The average molecular weight is 216 g/mol. The van der Waals surface area contributed by atoms with E-state index in [1.54, 1.807) is 0 Å². The number of aliphatic hydroxyl groups is 1. The van der Waals surface area contributed by atoms with E-state index < -0.39 is 0 Å². The van der Waals surface area contributed by atoms with Crippen molar-refractivity contribution in [1.29, 1.82) is 0 Å². The van der Waals surface area contributed by atoms with Crippen molar-refractivity contribution in [3.63, 3.8) is 0 Å². The molecule has 0 fully saturated rings. The van der Waals surface area contributed by atoms with E-state index in [1.807, 2.05) is 0 Å². The second-order valence-electron chi connectivity index (χ2n) is 3.83. The Balaban J connectivity index is 2.85. The number of aryl methyl sites for hydroxylation is 2. The molecular formula is C15H20O. The fourth-order valence-corrected chi connectivity index (χ4v) is 1.59. The highest BCUT2D eigenvalue weighted by molar-refractivity contribution is 5.44. The summed E-state index contributed by atoms with van der Waals surface area (Å²) in [6.45, 7) is 4.54. The quantitative estimate of drug-likeness (QED) is 0.606. The van der Waals surface area contributed by atoms with Crippen LogP contribution in [-0.4, -0.2) is 11.7 Å². The molecule has 1 rings (SSSR count). The zero-order valence-corrected chi connectivity index (χ0v) is 10.2. The molecule has 1 heteroatoms. The summed E-state index contributed by atoms with van der Waals surface area (Å²) in [4.78, 5) is 0. The van der Waals surface area contributed by atoms with Crippen molar-refractivity contribution < 1.29 is 5.11 Å². The van der Waals surface area contributed by atoms with Gasteiger partial charge >= 0.3 is 0 Å². The minimum atomic E-state index is 0.227. The molecule has 16 heavy (non-hydrogen) atoms. The lowest BCUT2D eigenvalue weighted by Gasteiger charge is -2.04. The summed E-state index contributed by atoms with van der Waals surface area (Å²) in [7, 11) is 0. The van der Waals surface area contributed by atoms with Gasteiger partial charge < -0.3 is 5.11 Å². The highest BCUT2D eigenvalue weighted by Crippen LogP contribution is 2.12. The van der Waals surface area contributed by atoms with Gasteiger partial charge in [-0.25, -0.2) is 0 Å².